The number of hydrogen-bond acceptors (Lipinski definition) is 6. The lowest BCUT2D eigenvalue weighted by molar-refractivity contribution is -0.137. The van der Waals surface area contributed by atoms with Gasteiger partial charge in [0.15, 0.2) is 0 Å². The van der Waals surface area contributed by atoms with E-state index >= 15 is 0 Å². The Hall–Kier alpha value is -2.53. The summed E-state index contributed by atoms with van der Waals surface area (Å²) in [5.41, 5.74) is 2.27. The van der Waals surface area contributed by atoms with Crippen molar-refractivity contribution in [2.75, 3.05) is 39.8 Å². The second-order valence-electron chi connectivity index (χ2n) is 7.24. The van der Waals surface area contributed by atoms with Crippen molar-refractivity contribution >= 4 is 18.1 Å². The molecule has 1 unspecified atom stereocenters. The molecule has 2 amide bonds. The van der Waals surface area contributed by atoms with Crippen molar-refractivity contribution in [3.8, 4) is 11.8 Å². The number of likely N-dealkylation sites (N-methyl/N-ethyl adjacent to an activating group) is 1. The topological polar surface area (TPSA) is 81.8 Å². The molecule has 1 atom stereocenters. The molecule has 0 saturated carbocycles. The van der Waals surface area contributed by atoms with Gasteiger partial charge in [-0.3, -0.25) is 29.5 Å². The zero-order valence-electron chi connectivity index (χ0n) is 16.2. The first-order valence-corrected chi connectivity index (χ1v) is 9.61. The normalized spacial score (nSPS) is 20.4. The van der Waals surface area contributed by atoms with Gasteiger partial charge in [0.05, 0.1) is 12.6 Å². The molecule has 0 aromatic heterocycles. The number of benzene rings is 1. The molecule has 0 radical (unpaired) electrons. The summed E-state index contributed by atoms with van der Waals surface area (Å²) in [6, 6.07) is 5.16. The van der Waals surface area contributed by atoms with E-state index in [4.69, 9.17) is 0 Å². The number of nitrogens with zero attached hydrogens (tertiary/aromatic N) is 2. The molecule has 28 heavy (non-hydrogen) atoms. The molecule has 1 aromatic carbocycles. The van der Waals surface area contributed by atoms with Gasteiger partial charge in [0.25, 0.3) is 0 Å². The highest BCUT2D eigenvalue weighted by molar-refractivity contribution is 6.00. The van der Waals surface area contributed by atoms with E-state index in [0.717, 1.165) is 50.1 Å². The van der Waals surface area contributed by atoms with Gasteiger partial charge in [0.1, 0.15) is 6.29 Å². The number of carbonyl (C=O) groups is 3. The van der Waals surface area contributed by atoms with Crippen molar-refractivity contribution in [2.45, 2.75) is 25.4 Å². The minimum absolute atomic E-state index is 0.231. The quantitative estimate of drug-likeness (QED) is 0.424. The third-order valence-corrected chi connectivity index (χ3v) is 5.18. The van der Waals surface area contributed by atoms with Gasteiger partial charge in [-0.05, 0) is 31.2 Å². The van der Waals surface area contributed by atoms with E-state index < -0.39 is 0 Å². The molecule has 2 N–H and O–H groups in total. The number of amides is 2. The molecule has 2 fully saturated rings. The lowest BCUT2D eigenvalue weighted by Crippen LogP contribution is -2.51. The fraction of sp³-hybridized carbons (Fsp3) is 0.476. The third kappa shape index (κ3) is 5.26. The van der Waals surface area contributed by atoms with Crippen LogP contribution >= 0.6 is 0 Å². The number of piperazine rings is 1. The highest BCUT2D eigenvalue weighted by Gasteiger charge is 2.29. The van der Waals surface area contributed by atoms with E-state index in [2.05, 4.69) is 27.4 Å². The van der Waals surface area contributed by atoms with Gasteiger partial charge in [-0.2, -0.15) is 0 Å². The maximum Gasteiger partial charge on any atom is 0.243 e. The van der Waals surface area contributed by atoms with Gasteiger partial charge in [-0.25, -0.2) is 0 Å². The summed E-state index contributed by atoms with van der Waals surface area (Å²) in [5, 5.41) is 5.69. The largest absolute Gasteiger partial charge is 0.314 e. The van der Waals surface area contributed by atoms with Gasteiger partial charge in [-0.1, -0.05) is 17.9 Å². The average Bonchev–Trinajstić information content (AvgIpc) is 2.69. The van der Waals surface area contributed by atoms with Crippen LogP contribution in [0.3, 0.4) is 0 Å². The average molecular weight is 382 g/mol. The summed E-state index contributed by atoms with van der Waals surface area (Å²) >= 11 is 0. The van der Waals surface area contributed by atoms with Crippen molar-refractivity contribution in [3.05, 3.63) is 34.9 Å². The van der Waals surface area contributed by atoms with Crippen LogP contribution in [0, 0.1) is 11.8 Å². The summed E-state index contributed by atoms with van der Waals surface area (Å²) in [5.74, 6) is 5.88. The fourth-order valence-corrected chi connectivity index (χ4v) is 3.54. The zero-order valence-corrected chi connectivity index (χ0v) is 16.2. The van der Waals surface area contributed by atoms with Crippen molar-refractivity contribution in [1.82, 2.24) is 20.4 Å². The smallest absolute Gasteiger partial charge is 0.243 e. The molecule has 2 aliphatic heterocycles. The molecule has 2 aliphatic rings. The van der Waals surface area contributed by atoms with Crippen LogP contribution in [0.4, 0.5) is 0 Å². The fourth-order valence-electron chi connectivity index (χ4n) is 3.54. The van der Waals surface area contributed by atoms with E-state index in [9.17, 15) is 14.4 Å². The summed E-state index contributed by atoms with van der Waals surface area (Å²) in [6.45, 7) is 5.15. The van der Waals surface area contributed by atoms with Crippen molar-refractivity contribution in [3.63, 3.8) is 0 Å². The van der Waals surface area contributed by atoms with E-state index in [1.54, 1.807) is 6.07 Å². The minimum Gasteiger partial charge on any atom is -0.314 e. The summed E-state index contributed by atoms with van der Waals surface area (Å²) < 4.78 is 0. The van der Waals surface area contributed by atoms with E-state index in [-0.39, 0.29) is 17.9 Å². The molecule has 0 bridgehead atoms. The van der Waals surface area contributed by atoms with Crippen LogP contribution in [0.1, 0.15) is 34.3 Å². The molecule has 0 aliphatic carbocycles. The number of aldehydes is 1. The lowest BCUT2D eigenvalue weighted by atomic mass is 10.0. The Morgan fingerprint density at radius 2 is 2.07 bits per heavy atom. The third-order valence-electron chi connectivity index (χ3n) is 5.18. The number of hydrogen-bond donors (Lipinski definition) is 2. The molecule has 1 aromatic rings. The van der Waals surface area contributed by atoms with Gasteiger partial charge < -0.3 is 5.32 Å². The molecule has 2 heterocycles. The van der Waals surface area contributed by atoms with Crippen molar-refractivity contribution < 1.29 is 14.4 Å². The Balaban J connectivity index is 1.68. The molecular formula is C21H26N4O3. The molecule has 2 saturated heterocycles. The van der Waals surface area contributed by atoms with Crippen LogP contribution in [-0.4, -0.2) is 73.7 Å². The summed E-state index contributed by atoms with van der Waals surface area (Å²) in [4.78, 5) is 39.0. The lowest BCUT2D eigenvalue weighted by Gasteiger charge is -2.30. The Morgan fingerprint density at radius 1 is 1.29 bits per heavy atom. The van der Waals surface area contributed by atoms with Crippen LogP contribution in [0.2, 0.25) is 0 Å². The standard InChI is InChI=1S/C21H26N4O3/c1-24(19-6-7-20(27)23-21(19)28)14-18-13-16(4-5-17(18)15-26)3-2-10-25-11-8-22-9-12-25/h4-5,13,15,19,22H,6-12,14H2,1H3,(H,23,27,28). The summed E-state index contributed by atoms with van der Waals surface area (Å²) in [7, 11) is 1.83. The Morgan fingerprint density at radius 3 is 2.79 bits per heavy atom. The van der Waals surface area contributed by atoms with Gasteiger partial charge in [-0.15, -0.1) is 0 Å². The molecule has 0 spiro atoms. The molecule has 7 nitrogen and oxygen atoms in total. The predicted molar refractivity (Wildman–Crippen MR) is 106 cm³/mol. The van der Waals surface area contributed by atoms with E-state index in [1.165, 1.54) is 0 Å². The Kier molecular flexibility index (Phi) is 6.93. The SMILES string of the molecule is CN(Cc1cc(C#CCN2CCNCC2)ccc1C=O)C1CCC(=O)NC1=O. The number of carbonyl (C=O) groups excluding carboxylic acids is 3. The molecule has 3 rings (SSSR count). The molecule has 7 heteroatoms. The van der Waals surface area contributed by atoms with Gasteiger partial charge >= 0.3 is 0 Å². The summed E-state index contributed by atoms with van der Waals surface area (Å²) in [6.07, 6.45) is 1.65. The number of nitrogens with one attached hydrogen (secondary N) is 2. The first kappa shape index (κ1) is 20.2. The first-order valence-electron chi connectivity index (χ1n) is 9.61. The maximum absolute atomic E-state index is 12.1. The van der Waals surface area contributed by atoms with Crippen molar-refractivity contribution in [1.29, 1.82) is 0 Å². The first-order chi connectivity index (χ1) is 13.6. The highest BCUT2D eigenvalue weighted by atomic mass is 16.2. The second kappa shape index (κ2) is 9.60. The number of piperidine rings is 1. The minimum atomic E-state index is -0.375. The Bertz CT molecular complexity index is 806. The zero-order chi connectivity index (χ0) is 19.9. The highest BCUT2D eigenvalue weighted by Crippen LogP contribution is 2.17. The monoisotopic (exact) mass is 382 g/mol. The Labute approximate surface area is 165 Å². The van der Waals surface area contributed by atoms with Crippen LogP contribution in [0.5, 0.6) is 0 Å². The van der Waals surface area contributed by atoms with Crippen molar-refractivity contribution in [2.24, 2.45) is 0 Å². The number of imide groups is 1. The van der Waals surface area contributed by atoms with Crippen LogP contribution in [0.15, 0.2) is 18.2 Å². The van der Waals surface area contributed by atoms with Crippen LogP contribution < -0.4 is 10.6 Å². The number of rotatable bonds is 5. The molecule has 148 valence electrons. The second-order valence-corrected chi connectivity index (χ2v) is 7.24. The van der Waals surface area contributed by atoms with Gasteiger partial charge in [0.2, 0.25) is 11.8 Å². The van der Waals surface area contributed by atoms with Crippen LogP contribution in [0.25, 0.3) is 0 Å². The van der Waals surface area contributed by atoms with E-state index in [0.29, 0.717) is 24.9 Å². The molecular weight excluding hydrogens is 356 g/mol. The predicted octanol–water partition coefficient (Wildman–Crippen LogP) is -0.00720. The van der Waals surface area contributed by atoms with Crippen LogP contribution in [-0.2, 0) is 16.1 Å². The maximum atomic E-state index is 12.1. The van der Waals surface area contributed by atoms with E-state index in [1.807, 2.05) is 24.1 Å². The van der Waals surface area contributed by atoms with Gasteiger partial charge in [0, 0.05) is 50.3 Å².